The lowest BCUT2D eigenvalue weighted by Crippen LogP contribution is -2.34. The predicted molar refractivity (Wildman–Crippen MR) is 116 cm³/mol. The molecule has 0 heterocycles. The summed E-state index contributed by atoms with van der Waals surface area (Å²) >= 11 is 5.84. The van der Waals surface area contributed by atoms with Crippen molar-refractivity contribution in [2.75, 3.05) is 31.5 Å². The Labute approximate surface area is 171 Å². The van der Waals surface area contributed by atoms with Crippen LogP contribution in [0.1, 0.15) is 29.8 Å². The Morgan fingerprint density at radius 2 is 1.64 bits per heavy atom. The van der Waals surface area contributed by atoms with Crippen molar-refractivity contribution in [1.29, 1.82) is 0 Å². The molecule has 0 aromatic heterocycles. The number of benzene rings is 2. The normalized spacial score (nSPS) is 11.0. The van der Waals surface area contributed by atoms with Crippen LogP contribution in [0.3, 0.4) is 0 Å². The maximum absolute atomic E-state index is 12.2. The minimum Gasteiger partial charge on any atom is -0.351 e. The van der Waals surface area contributed by atoms with Crippen LogP contribution >= 0.6 is 11.6 Å². The van der Waals surface area contributed by atoms with Crippen LogP contribution in [-0.4, -0.2) is 42.9 Å². The van der Waals surface area contributed by atoms with Gasteiger partial charge in [-0.2, -0.15) is 0 Å². The number of hydrogen-bond donors (Lipinski definition) is 2. The maximum Gasteiger partial charge on any atom is 0.251 e. The van der Waals surface area contributed by atoms with E-state index in [-0.39, 0.29) is 11.8 Å². The van der Waals surface area contributed by atoms with E-state index in [1.54, 1.807) is 42.5 Å². The Kier molecular flexibility index (Phi) is 8.72. The van der Waals surface area contributed by atoms with Crippen molar-refractivity contribution < 1.29 is 9.59 Å². The Bertz CT molecular complexity index is 798. The molecule has 6 heteroatoms. The van der Waals surface area contributed by atoms with Crippen molar-refractivity contribution in [2.45, 2.75) is 13.8 Å². The van der Waals surface area contributed by atoms with Crippen molar-refractivity contribution in [2.24, 2.45) is 0 Å². The van der Waals surface area contributed by atoms with Gasteiger partial charge in [-0.3, -0.25) is 9.59 Å². The zero-order chi connectivity index (χ0) is 20.4. The molecule has 2 aromatic rings. The van der Waals surface area contributed by atoms with Crippen molar-refractivity contribution in [3.63, 3.8) is 0 Å². The largest absolute Gasteiger partial charge is 0.351 e. The molecule has 2 amide bonds. The summed E-state index contributed by atoms with van der Waals surface area (Å²) in [6.45, 7) is 7.56. The second-order valence-electron chi connectivity index (χ2n) is 6.23. The number of hydrogen-bond acceptors (Lipinski definition) is 3. The van der Waals surface area contributed by atoms with Crippen LogP contribution in [0.4, 0.5) is 5.69 Å². The van der Waals surface area contributed by atoms with Crippen LogP contribution in [0.25, 0.3) is 6.08 Å². The van der Waals surface area contributed by atoms with Crippen LogP contribution < -0.4 is 10.6 Å². The number of nitrogens with one attached hydrogen (secondary N) is 2. The molecule has 0 radical (unpaired) electrons. The molecule has 148 valence electrons. The first-order valence-electron chi connectivity index (χ1n) is 9.37. The van der Waals surface area contributed by atoms with Gasteiger partial charge in [-0.05, 0) is 61.1 Å². The van der Waals surface area contributed by atoms with Gasteiger partial charge in [-0.1, -0.05) is 37.6 Å². The fourth-order valence-electron chi connectivity index (χ4n) is 2.60. The Balaban J connectivity index is 1.83. The van der Waals surface area contributed by atoms with E-state index in [0.29, 0.717) is 22.8 Å². The molecule has 0 aliphatic rings. The summed E-state index contributed by atoms with van der Waals surface area (Å²) in [4.78, 5) is 26.5. The van der Waals surface area contributed by atoms with Crippen LogP contribution in [0.5, 0.6) is 0 Å². The average Bonchev–Trinajstić information content (AvgIpc) is 2.71. The molecule has 2 rings (SSSR count). The number of halogens is 1. The first-order valence-corrected chi connectivity index (χ1v) is 9.75. The smallest absolute Gasteiger partial charge is 0.251 e. The van der Waals surface area contributed by atoms with E-state index in [0.717, 1.165) is 25.2 Å². The standard InChI is InChI=1S/C22H26ClN3O2/c1-3-26(4-2)16-15-24-22(28)18-8-12-20(13-9-18)25-21(27)14-7-17-5-10-19(23)11-6-17/h5-14H,3-4,15-16H2,1-2H3,(H,24,28)(H,25,27)/b14-7+. The van der Waals surface area contributed by atoms with E-state index in [1.807, 2.05) is 12.1 Å². The minimum atomic E-state index is -0.244. The zero-order valence-electron chi connectivity index (χ0n) is 16.2. The van der Waals surface area contributed by atoms with Gasteiger partial charge in [-0.25, -0.2) is 0 Å². The first-order chi connectivity index (χ1) is 13.5. The van der Waals surface area contributed by atoms with Crippen LogP contribution in [-0.2, 0) is 4.79 Å². The molecule has 0 aliphatic heterocycles. The lowest BCUT2D eigenvalue weighted by molar-refractivity contribution is -0.111. The number of nitrogens with zero attached hydrogens (tertiary/aromatic N) is 1. The average molecular weight is 400 g/mol. The van der Waals surface area contributed by atoms with Gasteiger partial charge in [0.05, 0.1) is 0 Å². The number of rotatable bonds is 9. The third kappa shape index (κ3) is 7.18. The lowest BCUT2D eigenvalue weighted by atomic mass is 10.2. The molecular weight excluding hydrogens is 374 g/mol. The van der Waals surface area contributed by atoms with Gasteiger partial charge in [0.1, 0.15) is 0 Å². The number of likely N-dealkylation sites (N-methyl/N-ethyl adjacent to an activating group) is 1. The van der Waals surface area contributed by atoms with Gasteiger partial charge in [0.25, 0.3) is 5.91 Å². The van der Waals surface area contributed by atoms with Gasteiger partial charge < -0.3 is 15.5 Å². The summed E-state index contributed by atoms with van der Waals surface area (Å²) in [6.07, 6.45) is 3.17. The molecule has 2 aromatic carbocycles. The van der Waals surface area contributed by atoms with Crippen LogP contribution in [0, 0.1) is 0 Å². The molecule has 0 aliphatic carbocycles. The summed E-state index contributed by atoms with van der Waals surface area (Å²) in [5.74, 6) is -0.362. The monoisotopic (exact) mass is 399 g/mol. The minimum absolute atomic E-state index is 0.118. The van der Waals surface area contributed by atoms with Gasteiger partial charge in [0, 0.05) is 35.4 Å². The molecule has 0 spiro atoms. The molecule has 5 nitrogen and oxygen atoms in total. The molecule has 0 saturated carbocycles. The third-order valence-electron chi connectivity index (χ3n) is 4.32. The SMILES string of the molecule is CCN(CC)CCNC(=O)c1ccc(NC(=O)/C=C/c2ccc(Cl)cc2)cc1. The first kappa shape index (κ1) is 21.7. The van der Waals surface area contributed by atoms with E-state index in [1.165, 1.54) is 6.08 Å². The fourth-order valence-corrected chi connectivity index (χ4v) is 2.73. The summed E-state index contributed by atoms with van der Waals surface area (Å²) in [5.41, 5.74) is 2.08. The Morgan fingerprint density at radius 1 is 1.00 bits per heavy atom. The zero-order valence-corrected chi connectivity index (χ0v) is 17.0. The summed E-state index contributed by atoms with van der Waals surface area (Å²) in [5, 5.41) is 6.34. The van der Waals surface area contributed by atoms with E-state index in [9.17, 15) is 9.59 Å². The summed E-state index contributed by atoms with van der Waals surface area (Å²) in [7, 11) is 0. The number of carbonyl (C=O) groups excluding carboxylic acids is 2. The summed E-state index contributed by atoms with van der Waals surface area (Å²) < 4.78 is 0. The van der Waals surface area contributed by atoms with Crippen molar-refractivity contribution in [1.82, 2.24) is 10.2 Å². The van der Waals surface area contributed by atoms with E-state index in [4.69, 9.17) is 11.6 Å². The van der Waals surface area contributed by atoms with E-state index >= 15 is 0 Å². The quantitative estimate of drug-likeness (QED) is 0.625. The van der Waals surface area contributed by atoms with Crippen LogP contribution in [0.15, 0.2) is 54.6 Å². The van der Waals surface area contributed by atoms with Gasteiger partial charge >= 0.3 is 0 Å². The highest BCUT2D eigenvalue weighted by Gasteiger charge is 2.06. The third-order valence-corrected chi connectivity index (χ3v) is 4.57. The highest BCUT2D eigenvalue weighted by molar-refractivity contribution is 6.30. The molecule has 28 heavy (non-hydrogen) atoms. The predicted octanol–water partition coefficient (Wildman–Crippen LogP) is 4.06. The van der Waals surface area contributed by atoms with Crippen molar-refractivity contribution in [3.8, 4) is 0 Å². The highest BCUT2D eigenvalue weighted by Crippen LogP contribution is 2.12. The molecule has 0 bridgehead atoms. The van der Waals surface area contributed by atoms with Gasteiger partial charge in [0.15, 0.2) is 0 Å². The number of amides is 2. The second-order valence-corrected chi connectivity index (χ2v) is 6.67. The van der Waals surface area contributed by atoms with E-state index in [2.05, 4.69) is 29.4 Å². The topological polar surface area (TPSA) is 61.4 Å². The molecule has 0 atom stereocenters. The molecule has 2 N–H and O–H groups in total. The maximum atomic E-state index is 12.2. The molecule has 0 saturated heterocycles. The number of anilines is 1. The van der Waals surface area contributed by atoms with Crippen LogP contribution in [0.2, 0.25) is 5.02 Å². The number of carbonyl (C=O) groups is 2. The fraction of sp³-hybridized carbons (Fsp3) is 0.273. The summed E-state index contributed by atoms with van der Waals surface area (Å²) in [6, 6.07) is 14.0. The van der Waals surface area contributed by atoms with Crippen molar-refractivity contribution >= 4 is 35.2 Å². The highest BCUT2D eigenvalue weighted by atomic mass is 35.5. The molecular formula is C22H26ClN3O2. The van der Waals surface area contributed by atoms with Crippen molar-refractivity contribution in [3.05, 3.63) is 70.8 Å². The Hall–Kier alpha value is -2.63. The van der Waals surface area contributed by atoms with Gasteiger partial charge in [-0.15, -0.1) is 0 Å². The van der Waals surface area contributed by atoms with E-state index < -0.39 is 0 Å². The molecule has 0 unspecified atom stereocenters. The lowest BCUT2D eigenvalue weighted by Gasteiger charge is -2.17. The van der Waals surface area contributed by atoms with Gasteiger partial charge in [0.2, 0.25) is 5.91 Å². The second kappa shape index (κ2) is 11.3. The molecule has 0 fully saturated rings. The Morgan fingerprint density at radius 3 is 2.25 bits per heavy atom.